The van der Waals surface area contributed by atoms with E-state index in [4.69, 9.17) is 0 Å². The largest absolute Gasteiger partial charge is 0.519 e. The molecule has 0 aliphatic heterocycles. The van der Waals surface area contributed by atoms with E-state index < -0.39 is 0 Å². The monoisotopic (exact) mass is 131 g/mol. The van der Waals surface area contributed by atoms with Gasteiger partial charge in [-0.2, -0.15) is 0 Å². The van der Waals surface area contributed by atoms with E-state index in [1.54, 1.807) is 0 Å². The van der Waals surface area contributed by atoms with Crippen molar-refractivity contribution >= 4 is 14.1 Å². The summed E-state index contributed by atoms with van der Waals surface area (Å²) in [6.07, 6.45) is 5.94. The van der Waals surface area contributed by atoms with Gasteiger partial charge in [-0.15, -0.1) is 0 Å². The molecule has 49 valence electrons. The molecule has 0 aromatic carbocycles. The Kier molecular flexibility index (Phi) is 2.27. The van der Waals surface area contributed by atoms with Crippen LogP contribution in [0.25, 0.3) is 6.08 Å². The molecule has 1 aromatic heterocycles. The first-order valence-corrected chi connectivity index (χ1v) is 3.29. The highest BCUT2D eigenvalue weighted by molar-refractivity contribution is 5.95. The van der Waals surface area contributed by atoms with Gasteiger partial charge in [0.2, 0.25) is 0 Å². The van der Waals surface area contributed by atoms with Crippen LogP contribution in [0, 0.1) is 0 Å². The summed E-state index contributed by atoms with van der Waals surface area (Å²) in [5, 5.41) is 0. The van der Waals surface area contributed by atoms with Crippen molar-refractivity contribution in [3.8, 4) is 0 Å². The number of pyridine rings is 1. The molecule has 0 fully saturated rings. The molecule has 1 nitrogen and oxygen atoms in total. The van der Waals surface area contributed by atoms with Crippen molar-refractivity contribution in [3.05, 3.63) is 36.2 Å². The fourth-order valence-electron chi connectivity index (χ4n) is 0.812. The fourth-order valence-corrected chi connectivity index (χ4v) is 0.812. The van der Waals surface area contributed by atoms with E-state index in [1.807, 2.05) is 47.9 Å². The highest BCUT2D eigenvalue weighted by atomic mass is 14.8. The molecule has 0 atom stereocenters. The lowest BCUT2D eigenvalue weighted by Gasteiger charge is -1.90. The molecular formula is C8H10BN+. The van der Waals surface area contributed by atoms with Crippen LogP contribution in [0.3, 0.4) is 0 Å². The minimum Gasteiger partial charge on any atom is -0.288 e. The van der Waals surface area contributed by atoms with Gasteiger partial charge in [0.05, 0.1) is 0 Å². The predicted octanol–water partition coefficient (Wildman–Crippen LogP) is 0.671. The molecule has 1 heterocycles. The predicted molar refractivity (Wildman–Crippen MR) is 43.9 cm³/mol. The van der Waals surface area contributed by atoms with E-state index in [1.165, 1.54) is 0 Å². The molecule has 0 amide bonds. The van der Waals surface area contributed by atoms with Crippen molar-refractivity contribution in [3.63, 3.8) is 0 Å². The molecule has 0 bridgehead atoms. The molecule has 2 heteroatoms. The fraction of sp³-hybridized carbons (Fsp3) is 0.125. The Labute approximate surface area is 62.4 Å². The number of allylic oxidation sites excluding steroid dienone is 1. The minimum atomic E-state index is 1.12. The van der Waals surface area contributed by atoms with Gasteiger partial charge in [-0.05, 0) is 19.1 Å². The normalized spacial score (nSPS) is 10.5. The van der Waals surface area contributed by atoms with Gasteiger partial charge in [-0.1, -0.05) is 6.08 Å². The van der Waals surface area contributed by atoms with Crippen molar-refractivity contribution in [1.29, 1.82) is 0 Å². The van der Waals surface area contributed by atoms with Gasteiger partial charge in [0.25, 0.3) is 0 Å². The molecule has 0 unspecified atom stereocenters. The number of hydrogen-bond donors (Lipinski definition) is 0. The van der Waals surface area contributed by atoms with Crippen molar-refractivity contribution in [2.24, 2.45) is 0 Å². The smallest absolute Gasteiger partial charge is 0.288 e. The van der Waals surface area contributed by atoms with Crippen LogP contribution in [-0.4, -0.2) is 7.98 Å². The van der Waals surface area contributed by atoms with E-state index in [9.17, 15) is 0 Å². The Morgan fingerprint density at radius 3 is 2.90 bits per heavy atom. The summed E-state index contributed by atoms with van der Waals surface area (Å²) in [5.74, 6) is 0. The summed E-state index contributed by atoms with van der Waals surface area (Å²) in [4.78, 5) is 0. The summed E-state index contributed by atoms with van der Waals surface area (Å²) in [7, 11) is 3.80. The van der Waals surface area contributed by atoms with Crippen LogP contribution in [0.4, 0.5) is 0 Å². The quantitative estimate of drug-likeness (QED) is 0.493. The van der Waals surface area contributed by atoms with Gasteiger partial charge in [0.15, 0.2) is 5.69 Å². The van der Waals surface area contributed by atoms with Gasteiger partial charge in [-0.25, -0.2) is 0 Å². The molecule has 10 heavy (non-hydrogen) atoms. The van der Waals surface area contributed by atoms with Crippen LogP contribution >= 0.6 is 0 Å². The Bertz CT molecular complexity index is 243. The molecule has 0 spiro atoms. The van der Waals surface area contributed by atoms with Gasteiger partial charge in [0, 0.05) is 12.1 Å². The maximum Gasteiger partial charge on any atom is 0.519 e. The van der Waals surface area contributed by atoms with Gasteiger partial charge in [-0.3, -0.25) is 4.48 Å². The standard InChI is InChI=1S/C8H10BN/c1-2-5-8-6-3-4-7-10(8)9/h2-7,9H,1H3/q+1/b5-2+. The SMILES string of the molecule is [BH][n+]1ccccc1/C=C/C. The second-order valence-electron chi connectivity index (χ2n) is 2.10. The van der Waals surface area contributed by atoms with E-state index in [-0.39, 0.29) is 0 Å². The first-order valence-electron chi connectivity index (χ1n) is 3.29. The third-order valence-electron chi connectivity index (χ3n) is 1.31. The average Bonchev–Trinajstić information content (AvgIpc) is 1.94. The van der Waals surface area contributed by atoms with E-state index in [2.05, 4.69) is 7.98 Å². The number of hydrogen-bond acceptors (Lipinski definition) is 0. The third kappa shape index (κ3) is 1.47. The lowest BCUT2D eigenvalue weighted by atomic mass is 10.2. The lowest BCUT2D eigenvalue weighted by molar-refractivity contribution is -0.523. The van der Waals surface area contributed by atoms with E-state index >= 15 is 0 Å². The van der Waals surface area contributed by atoms with Gasteiger partial charge in [0.1, 0.15) is 6.20 Å². The number of rotatable bonds is 1. The number of aromatic nitrogens is 1. The maximum absolute atomic E-state index is 3.80. The minimum absolute atomic E-state index is 1.12. The summed E-state index contributed by atoms with van der Waals surface area (Å²) >= 11 is 0. The topological polar surface area (TPSA) is 3.88 Å². The summed E-state index contributed by atoms with van der Waals surface area (Å²) in [6, 6.07) is 5.98. The van der Waals surface area contributed by atoms with Crippen molar-refractivity contribution < 1.29 is 4.48 Å². The summed E-state index contributed by atoms with van der Waals surface area (Å²) in [6.45, 7) is 1.99. The Hall–Kier alpha value is -1.05. The maximum atomic E-state index is 3.80. The molecule has 0 saturated heterocycles. The van der Waals surface area contributed by atoms with Crippen LogP contribution in [0.2, 0.25) is 0 Å². The first kappa shape index (κ1) is 7.07. The highest BCUT2D eigenvalue weighted by Crippen LogP contribution is 1.91. The van der Waals surface area contributed by atoms with Crippen LogP contribution in [-0.2, 0) is 0 Å². The average molecular weight is 131 g/mol. The summed E-state index contributed by atoms with van der Waals surface area (Å²) < 4.78 is 1.83. The zero-order chi connectivity index (χ0) is 7.40. The molecule has 0 aliphatic rings. The van der Waals surface area contributed by atoms with Crippen LogP contribution in [0.1, 0.15) is 12.6 Å². The molecule has 0 N–H and O–H groups in total. The van der Waals surface area contributed by atoms with Crippen molar-refractivity contribution in [2.45, 2.75) is 6.92 Å². The Morgan fingerprint density at radius 2 is 2.30 bits per heavy atom. The van der Waals surface area contributed by atoms with Crippen LogP contribution in [0.15, 0.2) is 30.5 Å². The molecule has 0 aliphatic carbocycles. The van der Waals surface area contributed by atoms with Crippen molar-refractivity contribution in [1.82, 2.24) is 0 Å². The third-order valence-corrected chi connectivity index (χ3v) is 1.31. The molecule has 1 radical (unpaired) electrons. The molecular weight excluding hydrogens is 121 g/mol. The van der Waals surface area contributed by atoms with Gasteiger partial charge < -0.3 is 0 Å². The molecule has 0 saturated carbocycles. The zero-order valence-electron chi connectivity index (χ0n) is 6.12. The lowest BCUT2D eigenvalue weighted by Crippen LogP contribution is -2.33. The van der Waals surface area contributed by atoms with Crippen LogP contribution in [0.5, 0.6) is 0 Å². The van der Waals surface area contributed by atoms with E-state index in [0.717, 1.165) is 5.69 Å². The second kappa shape index (κ2) is 3.21. The Morgan fingerprint density at radius 1 is 1.50 bits per heavy atom. The summed E-state index contributed by atoms with van der Waals surface area (Å²) in [5.41, 5.74) is 1.12. The number of nitrogens with zero attached hydrogens (tertiary/aromatic N) is 1. The van der Waals surface area contributed by atoms with Gasteiger partial charge >= 0.3 is 7.98 Å². The second-order valence-corrected chi connectivity index (χ2v) is 2.10. The zero-order valence-corrected chi connectivity index (χ0v) is 6.12. The highest BCUT2D eigenvalue weighted by Gasteiger charge is 1.96. The van der Waals surface area contributed by atoms with Crippen molar-refractivity contribution in [2.75, 3.05) is 0 Å². The Balaban J connectivity index is 3.03. The van der Waals surface area contributed by atoms with E-state index in [0.29, 0.717) is 0 Å². The molecule has 1 aromatic rings. The first-order chi connectivity index (χ1) is 4.84. The molecule has 1 rings (SSSR count). The van der Waals surface area contributed by atoms with Crippen LogP contribution < -0.4 is 4.48 Å².